The topological polar surface area (TPSA) is 81.3 Å². The number of thiophene rings is 1. The maximum Gasteiger partial charge on any atom is 0.274 e. The second kappa shape index (κ2) is 8.20. The first kappa shape index (κ1) is 18.9. The summed E-state index contributed by atoms with van der Waals surface area (Å²) >= 11 is 1.46. The first-order chi connectivity index (χ1) is 12.2. The van der Waals surface area contributed by atoms with Crippen molar-refractivity contribution in [2.45, 2.75) is 19.4 Å². The number of H-pyrrole nitrogens is 1. The molecule has 0 saturated carbocycles. The number of aromatic amines is 1. The maximum atomic E-state index is 12.9. The Labute approximate surface area is 162 Å². The van der Waals surface area contributed by atoms with Crippen molar-refractivity contribution in [1.82, 2.24) is 25.3 Å². The molecule has 0 radical (unpaired) electrons. The smallest absolute Gasteiger partial charge is 0.274 e. The van der Waals surface area contributed by atoms with Crippen molar-refractivity contribution >= 4 is 35.6 Å². The van der Waals surface area contributed by atoms with Gasteiger partial charge in [-0.15, -0.1) is 23.7 Å². The van der Waals surface area contributed by atoms with E-state index in [0.717, 1.165) is 35.5 Å². The van der Waals surface area contributed by atoms with E-state index in [1.807, 2.05) is 27.3 Å². The van der Waals surface area contributed by atoms with E-state index in [2.05, 4.69) is 15.5 Å². The Morgan fingerprint density at radius 1 is 1.12 bits per heavy atom. The summed E-state index contributed by atoms with van der Waals surface area (Å²) in [5.41, 5.74) is 2.58. The number of halogens is 1. The zero-order valence-electron chi connectivity index (χ0n) is 14.4. The minimum atomic E-state index is -0.0355. The van der Waals surface area contributed by atoms with E-state index in [1.165, 1.54) is 11.3 Å². The normalized spacial score (nSPS) is 17.2. The fraction of sp³-hybridized carbons (Fsp3) is 0.471. The zero-order chi connectivity index (χ0) is 17.2. The van der Waals surface area contributed by atoms with Gasteiger partial charge in [0, 0.05) is 56.9 Å². The van der Waals surface area contributed by atoms with Crippen molar-refractivity contribution < 1.29 is 9.59 Å². The predicted molar refractivity (Wildman–Crippen MR) is 102 cm³/mol. The second-order valence-corrected chi connectivity index (χ2v) is 7.32. The van der Waals surface area contributed by atoms with Gasteiger partial charge in [-0.1, -0.05) is 6.07 Å². The molecule has 0 aromatic carbocycles. The molecular weight excluding hydrogens is 374 g/mol. The molecule has 2 aromatic rings. The van der Waals surface area contributed by atoms with Crippen LogP contribution in [-0.2, 0) is 13.0 Å². The number of nitrogens with zero attached hydrogens (tertiary/aromatic N) is 3. The zero-order valence-corrected chi connectivity index (χ0v) is 16.0. The van der Waals surface area contributed by atoms with Crippen LogP contribution in [0.2, 0.25) is 0 Å². The highest BCUT2D eigenvalue weighted by Gasteiger charge is 2.28. The molecule has 0 aliphatic carbocycles. The van der Waals surface area contributed by atoms with Gasteiger partial charge in [0.2, 0.25) is 0 Å². The van der Waals surface area contributed by atoms with Crippen molar-refractivity contribution in [2.75, 3.05) is 32.7 Å². The lowest BCUT2D eigenvalue weighted by molar-refractivity contribution is 0.0717. The van der Waals surface area contributed by atoms with Crippen molar-refractivity contribution in [2.24, 2.45) is 0 Å². The second-order valence-electron chi connectivity index (χ2n) is 6.37. The van der Waals surface area contributed by atoms with Crippen molar-refractivity contribution in [1.29, 1.82) is 0 Å². The first-order valence-corrected chi connectivity index (χ1v) is 9.51. The standard InChI is InChI=1S/C17H21N5O2S.ClH/c23-16(14-3-1-10-25-14)21-6-2-7-22(9-8-21)17(24)15-12-11-18-5-4-13(12)19-20-15;/h1,3,10,18H,2,4-9,11H2,(H,19,20);1H. The summed E-state index contributed by atoms with van der Waals surface area (Å²) in [5.74, 6) is 0.0253. The molecule has 2 aromatic heterocycles. The average molecular weight is 396 g/mol. The molecule has 2 aliphatic rings. The minimum Gasteiger partial charge on any atom is -0.336 e. The van der Waals surface area contributed by atoms with Gasteiger partial charge >= 0.3 is 0 Å². The van der Waals surface area contributed by atoms with Gasteiger partial charge in [-0.2, -0.15) is 5.10 Å². The molecule has 2 amide bonds. The van der Waals surface area contributed by atoms with Crippen molar-refractivity contribution in [3.8, 4) is 0 Å². The molecule has 0 atom stereocenters. The van der Waals surface area contributed by atoms with Crippen LogP contribution in [0.5, 0.6) is 0 Å². The largest absolute Gasteiger partial charge is 0.336 e. The molecule has 0 unspecified atom stereocenters. The van der Waals surface area contributed by atoms with E-state index in [0.29, 0.717) is 38.4 Å². The van der Waals surface area contributed by atoms with Crippen molar-refractivity contribution in [3.05, 3.63) is 39.3 Å². The minimum absolute atomic E-state index is 0. The summed E-state index contributed by atoms with van der Waals surface area (Å²) in [6, 6.07) is 3.74. The first-order valence-electron chi connectivity index (χ1n) is 8.63. The number of carbonyl (C=O) groups is 2. The van der Waals surface area contributed by atoms with Crippen LogP contribution in [0.4, 0.5) is 0 Å². The van der Waals surface area contributed by atoms with Gasteiger partial charge in [0.25, 0.3) is 11.8 Å². The summed E-state index contributed by atoms with van der Waals surface area (Å²) in [7, 11) is 0. The molecule has 4 heterocycles. The summed E-state index contributed by atoms with van der Waals surface area (Å²) in [6.45, 7) is 4.04. The van der Waals surface area contributed by atoms with Gasteiger partial charge < -0.3 is 15.1 Å². The Morgan fingerprint density at radius 3 is 2.62 bits per heavy atom. The highest BCUT2D eigenvalue weighted by atomic mass is 35.5. The molecule has 2 N–H and O–H groups in total. The highest BCUT2D eigenvalue weighted by Crippen LogP contribution is 2.19. The third-order valence-corrected chi connectivity index (χ3v) is 5.67. The quantitative estimate of drug-likeness (QED) is 0.808. The maximum absolute atomic E-state index is 12.9. The van der Waals surface area contributed by atoms with Gasteiger partial charge in [0.1, 0.15) is 0 Å². The van der Waals surface area contributed by atoms with E-state index in [-0.39, 0.29) is 24.2 Å². The molecule has 26 heavy (non-hydrogen) atoms. The monoisotopic (exact) mass is 395 g/mol. The molecule has 1 fully saturated rings. The molecular formula is C17H22ClN5O2S. The lowest BCUT2D eigenvalue weighted by atomic mass is 10.1. The molecule has 0 bridgehead atoms. The van der Waals surface area contributed by atoms with E-state index in [4.69, 9.17) is 0 Å². The fourth-order valence-corrected chi connectivity index (χ4v) is 4.12. The number of fused-ring (bicyclic) bond motifs is 1. The number of amides is 2. The number of carbonyl (C=O) groups excluding carboxylic acids is 2. The van der Waals surface area contributed by atoms with Crippen LogP contribution < -0.4 is 5.32 Å². The lowest BCUT2D eigenvalue weighted by Crippen LogP contribution is -2.38. The van der Waals surface area contributed by atoms with Gasteiger partial charge in [-0.05, 0) is 17.9 Å². The molecule has 0 spiro atoms. The van der Waals surface area contributed by atoms with E-state index in [1.54, 1.807) is 0 Å². The fourth-order valence-electron chi connectivity index (χ4n) is 3.43. The molecule has 7 nitrogen and oxygen atoms in total. The van der Waals surface area contributed by atoms with Crippen molar-refractivity contribution in [3.63, 3.8) is 0 Å². The summed E-state index contributed by atoms with van der Waals surface area (Å²) < 4.78 is 0. The third kappa shape index (κ3) is 3.62. The molecule has 4 rings (SSSR count). The van der Waals surface area contributed by atoms with Gasteiger partial charge in [0.15, 0.2) is 5.69 Å². The molecule has 9 heteroatoms. The Kier molecular flexibility index (Phi) is 5.95. The van der Waals surface area contributed by atoms with Crippen LogP contribution in [0.1, 0.15) is 37.8 Å². The lowest BCUT2D eigenvalue weighted by Gasteiger charge is -2.22. The van der Waals surface area contributed by atoms with Crippen LogP contribution in [-0.4, -0.2) is 64.5 Å². The Bertz CT molecular complexity index is 776. The summed E-state index contributed by atoms with van der Waals surface area (Å²) in [4.78, 5) is 29.9. The van der Waals surface area contributed by atoms with Crippen LogP contribution in [0, 0.1) is 0 Å². The Balaban J connectivity index is 0.00000196. The van der Waals surface area contributed by atoms with Crippen LogP contribution >= 0.6 is 23.7 Å². The summed E-state index contributed by atoms with van der Waals surface area (Å²) in [5, 5.41) is 12.5. The number of nitrogens with one attached hydrogen (secondary N) is 2. The number of hydrogen-bond acceptors (Lipinski definition) is 5. The molecule has 1 saturated heterocycles. The van der Waals surface area contributed by atoms with E-state index >= 15 is 0 Å². The average Bonchev–Trinajstić information content (AvgIpc) is 3.25. The Hall–Kier alpha value is -1.90. The summed E-state index contributed by atoms with van der Waals surface area (Å²) in [6.07, 6.45) is 1.66. The molecule has 140 valence electrons. The number of hydrogen-bond donors (Lipinski definition) is 2. The van der Waals surface area contributed by atoms with Crippen LogP contribution in [0.25, 0.3) is 0 Å². The van der Waals surface area contributed by atoms with E-state index < -0.39 is 0 Å². The SMILES string of the molecule is Cl.O=C(c1cccs1)N1CCCN(C(=O)c2n[nH]c3c2CNCC3)CC1. The number of aromatic nitrogens is 2. The third-order valence-electron chi connectivity index (χ3n) is 4.81. The predicted octanol–water partition coefficient (Wildman–Crippen LogP) is 1.53. The van der Waals surface area contributed by atoms with Gasteiger partial charge in [-0.3, -0.25) is 14.7 Å². The van der Waals surface area contributed by atoms with Crippen LogP contribution in [0.3, 0.4) is 0 Å². The molecule has 2 aliphatic heterocycles. The highest BCUT2D eigenvalue weighted by molar-refractivity contribution is 7.12. The number of rotatable bonds is 2. The Morgan fingerprint density at radius 2 is 1.88 bits per heavy atom. The van der Waals surface area contributed by atoms with Crippen LogP contribution in [0.15, 0.2) is 17.5 Å². The van der Waals surface area contributed by atoms with E-state index in [9.17, 15) is 9.59 Å². The van der Waals surface area contributed by atoms with Gasteiger partial charge in [-0.25, -0.2) is 0 Å². The van der Waals surface area contributed by atoms with Gasteiger partial charge in [0.05, 0.1) is 4.88 Å².